The van der Waals surface area contributed by atoms with E-state index in [1.54, 1.807) is 6.20 Å². The van der Waals surface area contributed by atoms with Crippen LogP contribution in [0.4, 0.5) is 0 Å². The van der Waals surface area contributed by atoms with Crippen LogP contribution >= 0.6 is 0 Å². The number of aryl methyl sites for hydroxylation is 1. The molecule has 0 aromatic carbocycles. The first-order valence-electron chi connectivity index (χ1n) is 8.11. The molecule has 1 saturated carbocycles. The van der Waals surface area contributed by atoms with Gasteiger partial charge in [0.15, 0.2) is 0 Å². The Bertz CT molecular complexity index is 725. The van der Waals surface area contributed by atoms with E-state index in [0.717, 1.165) is 43.5 Å². The van der Waals surface area contributed by atoms with Gasteiger partial charge in [-0.1, -0.05) is 0 Å². The fraction of sp³-hybridized carbons (Fsp3) is 0.562. The van der Waals surface area contributed by atoms with Crippen LogP contribution < -0.4 is 0 Å². The van der Waals surface area contributed by atoms with Crippen molar-refractivity contribution in [2.75, 3.05) is 13.1 Å². The highest BCUT2D eigenvalue weighted by Gasteiger charge is 2.36. The first kappa shape index (κ1) is 14.3. The lowest BCUT2D eigenvalue weighted by Crippen LogP contribution is -2.40. The molecule has 2 fully saturated rings. The predicted octanol–water partition coefficient (Wildman–Crippen LogP) is 1.95. The van der Waals surface area contributed by atoms with Crippen LogP contribution in [0.25, 0.3) is 11.5 Å². The molecule has 3 heterocycles. The van der Waals surface area contributed by atoms with E-state index < -0.39 is 0 Å². The van der Waals surface area contributed by atoms with E-state index in [-0.39, 0.29) is 11.8 Å². The molecule has 7 heteroatoms. The van der Waals surface area contributed by atoms with Gasteiger partial charge in [-0.25, -0.2) is 9.97 Å². The van der Waals surface area contributed by atoms with Crippen LogP contribution in [0.2, 0.25) is 0 Å². The summed E-state index contributed by atoms with van der Waals surface area (Å²) >= 11 is 0. The molecule has 0 N–H and O–H groups in total. The molecule has 1 atom stereocenters. The molecule has 1 amide bonds. The molecular formula is C16H19N5O2. The molecule has 7 nitrogen and oxygen atoms in total. The summed E-state index contributed by atoms with van der Waals surface area (Å²) < 4.78 is 5.85. The van der Waals surface area contributed by atoms with Gasteiger partial charge in [0.1, 0.15) is 6.33 Å². The van der Waals surface area contributed by atoms with E-state index in [4.69, 9.17) is 4.42 Å². The Labute approximate surface area is 134 Å². The summed E-state index contributed by atoms with van der Waals surface area (Å²) in [4.78, 5) is 22.4. The molecule has 120 valence electrons. The molecule has 2 aromatic heterocycles. The van der Waals surface area contributed by atoms with Crippen LogP contribution in [-0.2, 0) is 4.79 Å². The minimum atomic E-state index is 0.123. The second-order valence-electron chi connectivity index (χ2n) is 6.36. The molecule has 23 heavy (non-hydrogen) atoms. The Hall–Kier alpha value is -2.31. The maximum atomic E-state index is 12.3. The Kier molecular flexibility index (Phi) is 3.55. The summed E-state index contributed by atoms with van der Waals surface area (Å²) in [5.41, 5.74) is 1.57. The van der Waals surface area contributed by atoms with Crippen molar-refractivity contribution in [2.24, 2.45) is 5.92 Å². The first-order chi connectivity index (χ1) is 11.2. The summed E-state index contributed by atoms with van der Waals surface area (Å²) in [5, 5.41) is 8.34. The quantitative estimate of drug-likeness (QED) is 0.861. The summed E-state index contributed by atoms with van der Waals surface area (Å²) in [6.45, 7) is 3.41. The van der Waals surface area contributed by atoms with E-state index in [9.17, 15) is 4.79 Å². The number of hydrogen-bond donors (Lipinski definition) is 0. The van der Waals surface area contributed by atoms with Crippen molar-refractivity contribution < 1.29 is 9.21 Å². The molecule has 0 unspecified atom stereocenters. The largest absolute Gasteiger partial charge is 0.420 e. The average Bonchev–Trinajstić information content (AvgIpc) is 3.32. The number of carbonyl (C=O) groups excluding carboxylic acids is 1. The number of carbonyl (C=O) groups is 1. The smallest absolute Gasteiger partial charge is 0.251 e. The van der Waals surface area contributed by atoms with Crippen LogP contribution in [-0.4, -0.2) is 44.1 Å². The lowest BCUT2D eigenvalue weighted by molar-refractivity contribution is -0.133. The third-order valence-electron chi connectivity index (χ3n) is 4.59. The molecule has 1 aliphatic carbocycles. The number of rotatable bonds is 3. The van der Waals surface area contributed by atoms with Gasteiger partial charge in [0.2, 0.25) is 11.8 Å². The number of likely N-dealkylation sites (tertiary alicyclic amines) is 1. The van der Waals surface area contributed by atoms with Gasteiger partial charge >= 0.3 is 0 Å². The normalized spacial score (nSPS) is 21.4. The average molecular weight is 313 g/mol. The number of hydrogen-bond acceptors (Lipinski definition) is 6. The Balaban J connectivity index is 1.52. The fourth-order valence-corrected chi connectivity index (χ4v) is 3.08. The summed E-state index contributed by atoms with van der Waals surface area (Å²) in [5.74, 6) is 1.73. The number of piperidine rings is 1. The number of amides is 1. The Morgan fingerprint density at radius 3 is 2.96 bits per heavy atom. The molecule has 0 radical (unpaired) electrons. The van der Waals surface area contributed by atoms with Gasteiger partial charge in [0, 0.05) is 25.2 Å². The summed E-state index contributed by atoms with van der Waals surface area (Å²) in [6, 6.07) is 0. The van der Waals surface area contributed by atoms with Crippen molar-refractivity contribution in [3.8, 4) is 11.5 Å². The third-order valence-corrected chi connectivity index (χ3v) is 4.59. The first-order valence-corrected chi connectivity index (χ1v) is 8.11. The van der Waals surface area contributed by atoms with Gasteiger partial charge in [-0.3, -0.25) is 4.79 Å². The van der Waals surface area contributed by atoms with Crippen LogP contribution in [0.1, 0.15) is 43.2 Å². The van der Waals surface area contributed by atoms with Crippen molar-refractivity contribution in [1.29, 1.82) is 0 Å². The fourth-order valence-electron chi connectivity index (χ4n) is 3.08. The highest BCUT2D eigenvalue weighted by atomic mass is 16.4. The Morgan fingerprint density at radius 1 is 1.30 bits per heavy atom. The highest BCUT2D eigenvalue weighted by Crippen LogP contribution is 2.34. The number of aromatic nitrogens is 4. The van der Waals surface area contributed by atoms with Gasteiger partial charge in [0.05, 0.1) is 17.2 Å². The van der Waals surface area contributed by atoms with Crippen LogP contribution in [0.5, 0.6) is 0 Å². The number of nitrogens with zero attached hydrogens (tertiary/aromatic N) is 5. The molecule has 2 aliphatic rings. The van der Waals surface area contributed by atoms with E-state index in [1.165, 1.54) is 6.33 Å². The molecule has 1 aliphatic heterocycles. The van der Waals surface area contributed by atoms with Crippen molar-refractivity contribution in [2.45, 2.75) is 38.5 Å². The van der Waals surface area contributed by atoms with Gasteiger partial charge in [-0.15, -0.1) is 10.2 Å². The minimum absolute atomic E-state index is 0.123. The van der Waals surface area contributed by atoms with Gasteiger partial charge < -0.3 is 9.32 Å². The molecule has 0 spiro atoms. The molecule has 4 rings (SSSR count). The predicted molar refractivity (Wildman–Crippen MR) is 81.3 cm³/mol. The van der Waals surface area contributed by atoms with Gasteiger partial charge in [0.25, 0.3) is 5.89 Å². The second kappa shape index (κ2) is 5.72. The van der Waals surface area contributed by atoms with Crippen molar-refractivity contribution in [3.05, 3.63) is 24.1 Å². The maximum Gasteiger partial charge on any atom is 0.251 e. The van der Waals surface area contributed by atoms with Crippen LogP contribution in [0, 0.1) is 12.8 Å². The van der Waals surface area contributed by atoms with Crippen molar-refractivity contribution in [3.63, 3.8) is 0 Å². The summed E-state index contributed by atoms with van der Waals surface area (Å²) in [7, 11) is 0. The molecular weight excluding hydrogens is 294 g/mol. The molecule has 1 saturated heterocycles. The van der Waals surface area contributed by atoms with E-state index in [1.807, 2.05) is 11.8 Å². The zero-order chi connectivity index (χ0) is 15.8. The SMILES string of the molecule is Cc1ncncc1-c1nnc([C@@H]2CCCN(C(=O)C3CC3)C2)o1. The zero-order valence-electron chi connectivity index (χ0n) is 13.1. The monoisotopic (exact) mass is 313 g/mol. The second-order valence-corrected chi connectivity index (χ2v) is 6.36. The summed E-state index contributed by atoms with van der Waals surface area (Å²) in [6.07, 6.45) is 7.21. The molecule has 2 aromatic rings. The van der Waals surface area contributed by atoms with Crippen molar-refractivity contribution >= 4 is 5.91 Å². The van der Waals surface area contributed by atoms with Gasteiger partial charge in [-0.2, -0.15) is 0 Å². The lowest BCUT2D eigenvalue weighted by atomic mass is 9.97. The topological polar surface area (TPSA) is 85.0 Å². The highest BCUT2D eigenvalue weighted by molar-refractivity contribution is 5.81. The van der Waals surface area contributed by atoms with E-state index in [0.29, 0.717) is 24.2 Å². The zero-order valence-corrected chi connectivity index (χ0v) is 13.1. The minimum Gasteiger partial charge on any atom is -0.420 e. The van der Waals surface area contributed by atoms with E-state index >= 15 is 0 Å². The Morgan fingerprint density at radius 2 is 2.17 bits per heavy atom. The third kappa shape index (κ3) is 2.83. The lowest BCUT2D eigenvalue weighted by Gasteiger charge is -2.31. The standard InChI is InChI=1S/C16H19N5O2/c1-10-13(7-17-9-18-10)15-20-19-14(23-15)12-3-2-6-21(8-12)16(22)11-4-5-11/h7,9,11-12H,2-6,8H2,1H3/t12-/m1/s1. The maximum absolute atomic E-state index is 12.3. The van der Waals surface area contributed by atoms with Gasteiger partial charge in [-0.05, 0) is 32.6 Å². The van der Waals surface area contributed by atoms with E-state index in [2.05, 4.69) is 20.2 Å². The van der Waals surface area contributed by atoms with Crippen LogP contribution in [0.3, 0.4) is 0 Å². The van der Waals surface area contributed by atoms with Crippen LogP contribution in [0.15, 0.2) is 16.9 Å². The molecule has 0 bridgehead atoms. The van der Waals surface area contributed by atoms with Crippen molar-refractivity contribution in [1.82, 2.24) is 25.1 Å².